The molecule has 2 rings (SSSR count). The Morgan fingerprint density at radius 3 is 2.71 bits per heavy atom. The maximum Gasteiger partial charge on any atom is 0.253 e. The zero-order valence-electron chi connectivity index (χ0n) is 8.67. The van der Waals surface area contributed by atoms with Crippen LogP contribution in [-0.4, -0.2) is 10.5 Å². The van der Waals surface area contributed by atoms with E-state index in [-0.39, 0.29) is 37.3 Å². The number of carbonyl (C=O) groups is 1. The van der Waals surface area contributed by atoms with Crippen LogP contribution < -0.4 is 16.1 Å². The van der Waals surface area contributed by atoms with Crippen LogP contribution in [0.1, 0.15) is 0 Å². The number of hydrogen-bond donors (Lipinski definition) is 3. The third-order valence-corrected chi connectivity index (χ3v) is 3.05. The van der Waals surface area contributed by atoms with E-state index >= 15 is 0 Å². The van der Waals surface area contributed by atoms with Gasteiger partial charge in [0.2, 0.25) is 0 Å². The van der Waals surface area contributed by atoms with Crippen LogP contribution in [0.2, 0.25) is 0 Å². The van der Waals surface area contributed by atoms with Gasteiger partial charge < -0.3 is 4.57 Å². The number of fused-ring (bicyclic) bond motifs is 1. The average molecular weight is 295 g/mol. The van der Waals surface area contributed by atoms with Crippen molar-refractivity contribution < 1.29 is 4.79 Å². The van der Waals surface area contributed by atoms with Crippen molar-refractivity contribution >= 4 is 52.3 Å². The first kappa shape index (κ1) is 15.9. The largest absolute Gasteiger partial charge is 0.307 e. The standard InChI is InChI=1S/C9H10N4OS.2ClH/c10-9-13(5-8(14)12-11)6-3-1-2-4-7(6)15-9;;/h1-4,10H,5,11H2,(H,12,14);2*1H. The molecule has 17 heavy (non-hydrogen) atoms. The summed E-state index contributed by atoms with van der Waals surface area (Å²) in [6.07, 6.45) is 0. The first-order chi connectivity index (χ1) is 7.22. The van der Waals surface area contributed by atoms with Gasteiger partial charge in [0, 0.05) is 0 Å². The Hall–Kier alpha value is -1.08. The first-order valence-corrected chi connectivity index (χ1v) is 5.16. The average Bonchev–Trinajstić information content (AvgIpc) is 2.55. The SMILES string of the molecule is Cl.Cl.N=c1sc2ccccc2n1CC(=O)NN. The summed E-state index contributed by atoms with van der Waals surface area (Å²) >= 11 is 1.34. The van der Waals surface area contributed by atoms with Crippen molar-refractivity contribution in [2.45, 2.75) is 6.54 Å². The minimum atomic E-state index is -0.308. The predicted molar refractivity (Wildman–Crippen MR) is 72.5 cm³/mol. The van der Waals surface area contributed by atoms with E-state index in [0.717, 1.165) is 10.2 Å². The van der Waals surface area contributed by atoms with Crippen LogP contribution in [0.25, 0.3) is 10.2 Å². The summed E-state index contributed by atoms with van der Waals surface area (Å²) in [5.74, 6) is 4.70. The van der Waals surface area contributed by atoms with E-state index in [1.165, 1.54) is 11.3 Å². The highest BCUT2D eigenvalue weighted by atomic mass is 35.5. The number of amides is 1. The van der Waals surface area contributed by atoms with Gasteiger partial charge in [-0.05, 0) is 12.1 Å². The zero-order valence-corrected chi connectivity index (χ0v) is 11.1. The van der Waals surface area contributed by atoms with E-state index in [2.05, 4.69) is 5.43 Å². The molecular weight excluding hydrogens is 283 g/mol. The number of rotatable bonds is 2. The number of para-hydroxylation sites is 1. The molecule has 0 atom stereocenters. The lowest BCUT2D eigenvalue weighted by Crippen LogP contribution is -2.35. The number of nitrogens with one attached hydrogen (secondary N) is 2. The van der Waals surface area contributed by atoms with Gasteiger partial charge in [0.15, 0.2) is 4.80 Å². The smallest absolute Gasteiger partial charge is 0.253 e. The molecule has 5 nitrogen and oxygen atoms in total. The van der Waals surface area contributed by atoms with Crippen molar-refractivity contribution in [3.8, 4) is 0 Å². The second kappa shape index (κ2) is 6.61. The molecule has 1 aromatic carbocycles. The molecule has 0 spiro atoms. The summed E-state index contributed by atoms with van der Waals surface area (Å²) < 4.78 is 2.62. The number of nitrogens with two attached hydrogens (primary N) is 1. The first-order valence-electron chi connectivity index (χ1n) is 4.35. The Balaban J connectivity index is 0.00000128. The lowest BCUT2D eigenvalue weighted by Gasteiger charge is -2.02. The molecule has 0 aliphatic heterocycles. The molecule has 94 valence electrons. The number of aromatic nitrogens is 1. The highest BCUT2D eigenvalue weighted by Crippen LogP contribution is 2.15. The highest BCUT2D eigenvalue weighted by Gasteiger charge is 2.07. The number of hydrogen-bond acceptors (Lipinski definition) is 4. The van der Waals surface area contributed by atoms with Crippen molar-refractivity contribution in [2.75, 3.05) is 0 Å². The Morgan fingerprint density at radius 1 is 1.41 bits per heavy atom. The molecule has 0 aliphatic carbocycles. The van der Waals surface area contributed by atoms with E-state index in [9.17, 15) is 4.79 Å². The summed E-state index contributed by atoms with van der Waals surface area (Å²) in [5, 5.41) is 7.73. The van der Waals surface area contributed by atoms with Gasteiger partial charge in [-0.2, -0.15) is 0 Å². The second-order valence-electron chi connectivity index (χ2n) is 3.03. The number of thiazole rings is 1. The van der Waals surface area contributed by atoms with Crippen molar-refractivity contribution in [2.24, 2.45) is 5.84 Å². The van der Waals surface area contributed by atoms with Gasteiger partial charge in [0.25, 0.3) is 5.91 Å². The maximum atomic E-state index is 11.1. The molecule has 0 saturated heterocycles. The molecule has 0 unspecified atom stereocenters. The van der Waals surface area contributed by atoms with Crippen LogP contribution in [-0.2, 0) is 11.3 Å². The van der Waals surface area contributed by atoms with Crippen LogP contribution in [0.5, 0.6) is 0 Å². The molecular formula is C9H12Cl2N4OS. The number of carbonyl (C=O) groups excluding carboxylic acids is 1. The number of halogens is 2. The van der Waals surface area contributed by atoms with Crippen LogP contribution >= 0.6 is 36.2 Å². The third kappa shape index (κ3) is 3.19. The van der Waals surface area contributed by atoms with Crippen LogP contribution in [0.15, 0.2) is 24.3 Å². The van der Waals surface area contributed by atoms with Crippen molar-refractivity contribution in [1.82, 2.24) is 9.99 Å². The molecule has 0 fully saturated rings. The summed E-state index contributed by atoms with van der Waals surface area (Å²) in [7, 11) is 0. The van der Waals surface area contributed by atoms with Gasteiger partial charge >= 0.3 is 0 Å². The number of nitrogens with zero attached hydrogens (tertiary/aromatic N) is 1. The van der Waals surface area contributed by atoms with Gasteiger partial charge in [-0.25, -0.2) is 5.84 Å². The molecule has 0 radical (unpaired) electrons. The molecule has 1 amide bonds. The lowest BCUT2D eigenvalue weighted by atomic mass is 10.3. The summed E-state index contributed by atoms with van der Waals surface area (Å²) in [6.45, 7) is 0.0827. The molecule has 8 heteroatoms. The fraction of sp³-hybridized carbons (Fsp3) is 0.111. The molecule has 1 heterocycles. The van der Waals surface area contributed by atoms with E-state index < -0.39 is 0 Å². The Bertz CT molecular complexity index is 565. The molecule has 0 aliphatic rings. The van der Waals surface area contributed by atoms with Gasteiger partial charge in [0.05, 0.1) is 10.2 Å². The minimum Gasteiger partial charge on any atom is -0.307 e. The van der Waals surface area contributed by atoms with E-state index in [0.29, 0.717) is 4.80 Å². The second-order valence-corrected chi connectivity index (χ2v) is 4.06. The monoisotopic (exact) mass is 294 g/mol. The Labute approximate surface area is 114 Å². The summed E-state index contributed by atoms with van der Waals surface area (Å²) in [4.78, 5) is 11.5. The van der Waals surface area contributed by atoms with Gasteiger partial charge in [-0.15, -0.1) is 24.8 Å². The normalized spacial score (nSPS) is 9.24. The molecule has 1 aromatic heterocycles. The van der Waals surface area contributed by atoms with Gasteiger partial charge in [0.1, 0.15) is 6.54 Å². The zero-order chi connectivity index (χ0) is 10.8. The topological polar surface area (TPSA) is 83.9 Å². The molecule has 2 aromatic rings. The van der Waals surface area contributed by atoms with Crippen LogP contribution in [0.3, 0.4) is 0 Å². The van der Waals surface area contributed by atoms with E-state index in [1.54, 1.807) is 4.57 Å². The molecule has 0 bridgehead atoms. The minimum absolute atomic E-state index is 0. The quantitative estimate of drug-likeness (QED) is 0.439. The molecule has 4 N–H and O–H groups in total. The van der Waals surface area contributed by atoms with Gasteiger partial charge in [-0.1, -0.05) is 23.5 Å². The molecule has 0 saturated carbocycles. The maximum absolute atomic E-state index is 11.1. The predicted octanol–water partition coefficient (Wildman–Crippen LogP) is 1.02. The highest BCUT2D eigenvalue weighted by molar-refractivity contribution is 7.16. The Morgan fingerprint density at radius 2 is 2.06 bits per heavy atom. The van der Waals surface area contributed by atoms with Crippen LogP contribution in [0.4, 0.5) is 0 Å². The summed E-state index contributed by atoms with van der Waals surface area (Å²) in [5.41, 5.74) is 2.94. The van der Waals surface area contributed by atoms with Gasteiger partial charge in [-0.3, -0.25) is 15.6 Å². The Kier molecular flexibility index (Phi) is 6.19. The van der Waals surface area contributed by atoms with Crippen LogP contribution in [0, 0.1) is 5.41 Å². The van der Waals surface area contributed by atoms with E-state index in [4.69, 9.17) is 11.3 Å². The van der Waals surface area contributed by atoms with E-state index in [1.807, 2.05) is 24.3 Å². The van der Waals surface area contributed by atoms with Crippen molar-refractivity contribution in [3.05, 3.63) is 29.1 Å². The summed E-state index contributed by atoms with van der Waals surface area (Å²) in [6, 6.07) is 7.60. The number of benzene rings is 1. The lowest BCUT2D eigenvalue weighted by molar-refractivity contribution is -0.121. The fourth-order valence-corrected chi connectivity index (χ4v) is 2.29. The third-order valence-electron chi connectivity index (χ3n) is 2.07. The fourth-order valence-electron chi connectivity index (χ4n) is 1.38. The van der Waals surface area contributed by atoms with Crippen molar-refractivity contribution in [3.63, 3.8) is 0 Å². The van der Waals surface area contributed by atoms with Crippen molar-refractivity contribution in [1.29, 1.82) is 5.41 Å². The number of hydrazine groups is 1.